The molecule has 2 aromatic heterocycles. The summed E-state index contributed by atoms with van der Waals surface area (Å²) in [6, 6.07) is 13.7. The highest BCUT2D eigenvalue weighted by atomic mass is 19.1. The predicted molar refractivity (Wildman–Crippen MR) is 116 cm³/mol. The van der Waals surface area contributed by atoms with Crippen LogP contribution in [0.5, 0.6) is 5.75 Å². The summed E-state index contributed by atoms with van der Waals surface area (Å²) < 4.78 is 15.5. The average molecular weight is 422 g/mol. The van der Waals surface area contributed by atoms with Crippen molar-refractivity contribution in [3.05, 3.63) is 71.8 Å². The number of fused-ring (bicyclic) bond motifs is 1. The molecule has 8 nitrogen and oxygen atoms in total. The molecule has 1 atom stereocenters. The number of aliphatic hydroxyl groups is 1. The maximum atomic E-state index is 13.6. The minimum absolute atomic E-state index is 0.0127. The molecular formula is C22H23FN6O2. The average Bonchev–Trinajstić information content (AvgIpc) is 3.16. The van der Waals surface area contributed by atoms with Crippen molar-refractivity contribution in [2.75, 3.05) is 17.2 Å². The molecule has 0 spiro atoms. The highest BCUT2D eigenvalue weighted by Gasteiger charge is 2.15. The van der Waals surface area contributed by atoms with Crippen molar-refractivity contribution < 1.29 is 14.6 Å². The van der Waals surface area contributed by atoms with Gasteiger partial charge in [-0.15, -0.1) is 0 Å². The van der Waals surface area contributed by atoms with Gasteiger partial charge in [0.2, 0.25) is 5.95 Å². The van der Waals surface area contributed by atoms with Gasteiger partial charge in [-0.05, 0) is 30.7 Å². The number of aromatic nitrogens is 4. The molecule has 4 N–H and O–H groups in total. The zero-order valence-corrected chi connectivity index (χ0v) is 17.0. The topological polar surface area (TPSA) is 108 Å². The summed E-state index contributed by atoms with van der Waals surface area (Å²) >= 11 is 0. The van der Waals surface area contributed by atoms with Crippen molar-refractivity contribution in [1.82, 2.24) is 19.5 Å². The first-order valence-electron chi connectivity index (χ1n) is 9.89. The number of halogens is 1. The predicted octanol–water partition coefficient (Wildman–Crippen LogP) is 3.12. The van der Waals surface area contributed by atoms with E-state index in [0.29, 0.717) is 35.0 Å². The summed E-state index contributed by atoms with van der Waals surface area (Å²) in [6.45, 7) is 2.67. The number of phenols is 1. The van der Waals surface area contributed by atoms with E-state index >= 15 is 0 Å². The van der Waals surface area contributed by atoms with Crippen LogP contribution in [0.2, 0.25) is 0 Å². The molecule has 0 saturated heterocycles. The van der Waals surface area contributed by atoms with E-state index in [1.807, 2.05) is 34.9 Å². The lowest BCUT2D eigenvalue weighted by Gasteiger charge is -2.12. The van der Waals surface area contributed by atoms with Crippen LogP contribution in [0.3, 0.4) is 0 Å². The molecule has 31 heavy (non-hydrogen) atoms. The Morgan fingerprint density at radius 1 is 1.10 bits per heavy atom. The van der Waals surface area contributed by atoms with Gasteiger partial charge in [0.1, 0.15) is 11.6 Å². The highest BCUT2D eigenvalue weighted by Crippen LogP contribution is 2.24. The van der Waals surface area contributed by atoms with E-state index in [1.165, 1.54) is 18.2 Å². The Hall–Kier alpha value is -3.72. The van der Waals surface area contributed by atoms with Crippen molar-refractivity contribution in [3.63, 3.8) is 0 Å². The molecule has 0 saturated carbocycles. The molecule has 0 aliphatic rings. The van der Waals surface area contributed by atoms with Gasteiger partial charge in [0, 0.05) is 18.7 Å². The number of rotatable bonds is 8. The van der Waals surface area contributed by atoms with Crippen molar-refractivity contribution in [3.8, 4) is 5.75 Å². The first-order chi connectivity index (χ1) is 15.0. The van der Waals surface area contributed by atoms with Crippen LogP contribution in [0.15, 0.2) is 54.9 Å². The third kappa shape index (κ3) is 4.89. The van der Waals surface area contributed by atoms with Crippen molar-refractivity contribution in [2.24, 2.45) is 0 Å². The van der Waals surface area contributed by atoms with Gasteiger partial charge < -0.3 is 25.4 Å². The van der Waals surface area contributed by atoms with E-state index in [-0.39, 0.29) is 18.8 Å². The number of nitrogens with one attached hydrogen (secondary N) is 2. The van der Waals surface area contributed by atoms with Crippen LogP contribution in [-0.4, -0.2) is 42.4 Å². The molecule has 160 valence electrons. The van der Waals surface area contributed by atoms with Crippen molar-refractivity contribution in [1.29, 1.82) is 0 Å². The fraction of sp³-hybridized carbons (Fsp3) is 0.227. The van der Waals surface area contributed by atoms with Crippen LogP contribution >= 0.6 is 0 Å². The molecule has 0 aliphatic heterocycles. The number of nitrogens with zero attached hydrogens (tertiary/aromatic N) is 4. The molecular weight excluding hydrogens is 399 g/mol. The van der Waals surface area contributed by atoms with Crippen LogP contribution in [0.25, 0.3) is 11.2 Å². The maximum absolute atomic E-state index is 13.6. The molecule has 0 fully saturated rings. The molecule has 4 aromatic rings. The SMILES string of the molecule is CC(O)CNc1nc(NCc2cc(F)ccc2O)c2ncn(Cc3ccccc3)c2n1. The third-order valence-electron chi connectivity index (χ3n) is 4.70. The molecule has 2 aromatic carbocycles. The number of phenolic OH excluding ortho intramolecular Hbond substituents is 1. The van der Waals surface area contributed by atoms with Crippen LogP contribution in [0.4, 0.5) is 16.2 Å². The van der Waals surface area contributed by atoms with Gasteiger partial charge in [-0.2, -0.15) is 9.97 Å². The number of anilines is 2. The second kappa shape index (κ2) is 8.97. The number of hydrogen-bond donors (Lipinski definition) is 4. The minimum Gasteiger partial charge on any atom is -0.508 e. The quantitative estimate of drug-likeness (QED) is 0.345. The summed E-state index contributed by atoms with van der Waals surface area (Å²) in [4.78, 5) is 13.5. The largest absolute Gasteiger partial charge is 0.508 e. The zero-order chi connectivity index (χ0) is 21.8. The maximum Gasteiger partial charge on any atom is 0.226 e. The van der Waals surface area contributed by atoms with Crippen LogP contribution in [-0.2, 0) is 13.1 Å². The fourth-order valence-corrected chi connectivity index (χ4v) is 3.16. The van der Waals surface area contributed by atoms with Gasteiger partial charge in [0.25, 0.3) is 0 Å². The summed E-state index contributed by atoms with van der Waals surface area (Å²) in [6.07, 6.45) is 1.12. The normalized spacial score (nSPS) is 12.1. The lowest BCUT2D eigenvalue weighted by atomic mass is 10.2. The molecule has 1 unspecified atom stereocenters. The van der Waals surface area contributed by atoms with Crippen LogP contribution in [0.1, 0.15) is 18.1 Å². The van der Waals surface area contributed by atoms with Gasteiger partial charge in [0.15, 0.2) is 17.0 Å². The van der Waals surface area contributed by atoms with E-state index in [2.05, 4.69) is 25.6 Å². The van der Waals surface area contributed by atoms with Gasteiger partial charge in [0.05, 0.1) is 19.0 Å². The molecule has 0 bridgehead atoms. The number of aromatic hydroxyl groups is 1. The molecule has 0 aliphatic carbocycles. The minimum atomic E-state index is -0.575. The van der Waals surface area contributed by atoms with Crippen LogP contribution in [0, 0.1) is 5.82 Å². The zero-order valence-electron chi connectivity index (χ0n) is 17.0. The smallest absolute Gasteiger partial charge is 0.226 e. The van der Waals surface area contributed by atoms with E-state index in [0.717, 1.165) is 5.56 Å². The summed E-state index contributed by atoms with van der Waals surface area (Å²) in [5.41, 5.74) is 2.65. The Bertz CT molecular complexity index is 1180. The molecule has 9 heteroatoms. The van der Waals surface area contributed by atoms with E-state index in [9.17, 15) is 14.6 Å². The Kier molecular flexibility index (Phi) is 5.94. The molecule has 4 rings (SSSR count). The second-order valence-corrected chi connectivity index (χ2v) is 7.28. The Labute approximate surface area is 178 Å². The van der Waals surface area contributed by atoms with Crippen LogP contribution < -0.4 is 10.6 Å². The van der Waals surface area contributed by atoms with Crippen molar-refractivity contribution >= 4 is 22.9 Å². The van der Waals surface area contributed by atoms with Gasteiger partial charge in [-0.25, -0.2) is 9.37 Å². The van der Waals surface area contributed by atoms with Crippen molar-refractivity contribution in [2.45, 2.75) is 26.1 Å². The first kappa shape index (κ1) is 20.5. The Morgan fingerprint density at radius 3 is 2.68 bits per heavy atom. The number of aliphatic hydroxyl groups excluding tert-OH is 1. The molecule has 0 radical (unpaired) electrons. The molecule has 0 amide bonds. The third-order valence-corrected chi connectivity index (χ3v) is 4.70. The van der Waals surface area contributed by atoms with E-state index in [1.54, 1.807) is 13.3 Å². The summed E-state index contributed by atoms with van der Waals surface area (Å²) in [7, 11) is 0. The second-order valence-electron chi connectivity index (χ2n) is 7.28. The standard InChI is InChI=1S/C22H23FN6O2/c1-14(30)10-25-22-27-20(24-11-16-9-17(23)7-8-18(16)31)19-21(28-22)29(13-26-19)12-15-5-3-2-4-6-15/h2-9,13-14,30-31H,10-12H2,1H3,(H2,24,25,27,28). The van der Waals surface area contributed by atoms with E-state index < -0.39 is 11.9 Å². The lowest BCUT2D eigenvalue weighted by Crippen LogP contribution is -2.17. The molecule has 2 heterocycles. The fourth-order valence-electron chi connectivity index (χ4n) is 3.16. The van der Waals surface area contributed by atoms with Gasteiger partial charge >= 0.3 is 0 Å². The number of hydrogen-bond acceptors (Lipinski definition) is 7. The Balaban J connectivity index is 1.67. The number of benzene rings is 2. The lowest BCUT2D eigenvalue weighted by molar-refractivity contribution is 0.208. The highest BCUT2D eigenvalue weighted by molar-refractivity contribution is 5.84. The van der Waals surface area contributed by atoms with Gasteiger partial charge in [-0.1, -0.05) is 30.3 Å². The van der Waals surface area contributed by atoms with Gasteiger partial charge in [-0.3, -0.25) is 0 Å². The monoisotopic (exact) mass is 422 g/mol. The summed E-state index contributed by atoms with van der Waals surface area (Å²) in [5.74, 6) is 0.317. The number of imidazole rings is 1. The Morgan fingerprint density at radius 2 is 1.90 bits per heavy atom. The van der Waals surface area contributed by atoms with E-state index in [4.69, 9.17) is 0 Å². The summed E-state index contributed by atoms with van der Waals surface area (Å²) in [5, 5.41) is 25.7. The first-order valence-corrected chi connectivity index (χ1v) is 9.89.